The van der Waals surface area contributed by atoms with E-state index in [2.05, 4.69) is 20.2 Å². The number of nitrogens with zero attached hydrogens (tertiary/aromatic N) is 5. The lowest BCUT2D eigenvalue weighted by Crippen LogP contribution is -2.00. The van der Waals surface area contributed by atoms with Crippen LogP contribution in [-0.2, 0) is 5.75 Å². The Morgan fingerprint density at radius 2 is 1.79 bits per heavy atom. The molecule has 0 fully saturated rings. The van der Waals surface area contributed by atoms with Crippen molar-refractivity contribution in [1.29, 1.82) is 0 Å². The fourth-order valence-electron chi connectivity index (χ4n) is 3.39. The Hall–Kier alpha value is -3.98. The highest BCUT2D eigenvalue weighted by Gasteiger charge is 2.18. The molecule has 0 saturated heterocycles. The number of ether oxygens (including phenoxy) is 1. The topological polar surface area (TPSA) is 78.9 Å². The zero-order valence-corrected chi connectivity index (χ0v) is 19.1. The predicted octanol–water partition coefficient (Wildman–Crippen LogP) is 5.81. The van der Waals surface area contributed by atoms with Gasteiger partial charge < -0.3 is 9.15 Å². The molecule has 0 bridgehead atoms. The monoisotopic (exact) mass is 473 g/mol. The Morgan fingerprint density at radius 1 is 0.971 bits per heavy atom. The van der Waals surface area contributed by atoms with Crippen LogP contribution in [0.2, 0.25) is 0 Å². The van der Waals surface area contributed by atoms with Crippen molar-refractivity contribution in [3.8, 4) is 34.1 Å². The normalized spacial score (nSPS) is 11.0. The number of halogens is 1. The molecule has 9 heteroatoms. The number of hydrogen-bond acceptors (Lipinski definition) is 7. The van der Waals surface area contributed by atoms with E-state index in [0.29, 0.717) is 35.0 Å². The number of benzene rings is 2. The highest BCUT2D eigenvalue weighted by Crippen LogP contribution is 2.31. The van der Waals surface area contributed by atoms with E-state index in [9.17, 15) is 4.39 Å². The summed E-state index contributed by atoms with van der Waals surface area (Å²) in [6, 6.07) is 17.7. The quantitative estimate of drug-likeness (QED) is 0.263. The number of rotatable bonds is 8. The van der Waals surface area contributed by atoms with Gasteiger partial charge in [-0.2, -0.15) is 0 Å². The van der Waals surface area contributed by atoms with E-state index in [-0.39, 0.29) is 5.82 Å². The van der Waals surface area contributed by atoms with E-state index in [1.165, 1.54) is 23.9 Å². The van der Waals surface area contributed by atoms with Crippen molar-refractivity contribution in [2.24, 2.45) is 0 Å². The minimum atomic E-state index is -0.294. The molecule has 0 spiro atoms. The fourth-order valence-corrected chi connectivity index (χ4v) is 4.19. The average Bonchev–Trinajstić information content (AvgIpc) is 3.52. The minimum absolute atomic E-state index is 0.294. The highest BCUT2D eigenvalue weighted by atomic mass is 32.2. The van der Waals surface area contributed by atoms with Crippen molar-refractivity contribution >= 4 is 11.8 Å². The molecule has 5 aromatic rings. The Morgan fingerprint density at radius 3 is 2.53 bits per heavy atom. The molecule has 34 heavy (non-hydrogen) atoms. The van der Waals surface area contributed by atoms with Gasteiger partial charge in [-0.1, -0.05) is 11.8 Å². The molecule has 0 amide bonds. The Bertz CT molecular complexity index is 1370. The molecule has 0 aliphatic carbocycles. The third-order valence-electron chi connectivity index (χ3n) is 4.97. The van der Waals surface area contributed by atoms with Gasteiger partial charge in [-0.25, -0.2) is 9.37 Å². The van der Waals surface area contributed by atoms with Crippen LogP contribution in [0.5, 0.6) is 5.75 Å². The first-order valence-corrected chi connectivity index (χ1v) is 11.6. The SMILES string of the molecule is CCOc1ccc(-n2c(SCc3ncc(-c4ccc(F)cc4)o3)nnc2-c2cccnc2)cc1. The maximum absolute atomic E-state index is 13.2. The van der Waals surface area contributed by atoms with E-state index < -0.39 is 0 Å². The van der Waals surface area contributed by atoms with Crippen LogP contribution in [0.1, 0.15) is 12.8 Å². The lowest BCUT2D eigenvalue weighted by atomic mass is 10.2. The Labute approximate surface area is 199 Å². The molecule has 3 aromatic heterocycles. The van der Waals surface area contributed by atoms with Crippen LogP contribution in [0, 0.1) is 5.82 Å². The predicted molar refractivity (Wildman–Crippen MR) is 127 cm³/mol. The van der Waals surface area contributed by atoms with Gasteiger partial charge >= 0.3 is 0 Å². The summed E-state index contributed by atoms with van der Waals surface area (Å²) < 4.78 is 26.6. The zero-order valence-electron chi connectivity index (χ0n) is 18.3. The van der Waals surface area contributed by atoms with Crippen LogP contribution >= 0.6 is 11.8 Å². The maximum Gasteiger partial charge on any atom is 0.205 e. The Kier molecular flexibility index (Phi) is 6.35. The lowest BCUT2D eigenvalue weighted by Gasteiger charge is -2.11. The van der Waals surface area contributed by atoms with Crippen molar-refractivity contribution in [1.82, 2.24) is 24.7 Å². The van der Waals surface area contributed by atoms with Gasteiger partial charge in [-0.15, -0.1) is 10.2 Å². The van der Waals surface area contributed by atoms with E-state index >= 15 is 0 Å². The van der Waals surface area contributed by atoms with Gasteiger partial charge in [0.05, 0.1) is 18.6 Å². The summed E-state index contributed by atoms with van der Waals surface area (Å²) in [7, 11) is 0. The van der Waals surface area contributed by atoms with Crippen LogP contribution in [0.25, 0.3) is 28.4 Å². The molecule has 0 aliphatic heterocycles. The van der Waals surface area contributed by atoms with Crippen molar-refractivity contribution in [3.05, 3.63) is 91.0 Å². The smallest absolute Gasteiger partial charge is 0.205 e. The Balaban J connectivity index is 1.42. The number of thioether (sulfide) groups is 1. The van der Waals surface area contributed by atoms with E-state index in [1.54, 1.807) is 30.7 Å². The second-order valence-corrected chi connectivity index (χ2v) is 8.17. The van der Waals surface area contributed by atoms with Gasteiger partial charge in [0.15, 0.2) is 16.7 Å². The van der Waals surface area contributed by atoms with Gasteiger partial charge in [0.1, 0.15) is 11.6 Å². The summed E-state index contributed by atoms with van der Waals surface area (Å²) in [6.07, 6.45) is 5.12. The molecule has 170 valence electrons. The summed E-state index contributed by atoms with van der Waals surface area (Å²) in [4.78, 5) is 8.58. The summed E-state index contributed by atoms with van der Waals surface area (Å²) in [6.45, 7) is 2.55. The molecule has 3 heterocycles. The van der Waals surface area contributed by atoms with E-state index in [4.69, 9.17) is 9.15 Å². The first-order chi connectivity index (χ1) is 16.7. The second-order valence-electron chi connectivity index (χ2n) is 7.22. The molecule has 0 N–H and O–H groups in total. The second kappa shape index (κ2) is 9.88. The third-order valence-corrected chi connectivity index (χ3v) is 5.88. The zero-order chi connectivity index (χ0) is 23.3. The van der Waals surface area contributed by atoms with Crippen LogP contribution in [0.3, 0.4) is 0 Å². The molecule has 0 aliphatic rings. The number of oxazole rings is 1. The van der Waals surface area contributed by atoms with Crippen LogP contribution in [0.4, 0.5) is 4.39 Å². The van der Waals surface area contributed by atoms with Crippen molar-refractivity contribution < 1.29 is 13.5 Å². The van der Waals surface area contributed by atoms with Crippen LogP contribution < -0.4 is 4.74 Å². The minimum Gasteiger partial charge on any atom is -0.494 e. The summed E-state index contributed by atoms with van der Waals surface area (Å²) >= 11 is 1.46. The number of hydrogen-bond donors (Lipinski definition) is 0. The molecular formula is C25H20FN5O2S. The van der Waals surface area contributed by atoms with Gasteiger partial charge in [0.25, 0.3) is 0 Å². The van der Waals surface area contributed by atoms with Crippen molar-refractivity contribution in [2.75, 3.05) is 6.61 Å². The van der Waals surface area contributed by atoms with Gasteiger partial charge in [-0.3, -0.25) is 9.55 Å². The standard InChI is InChI=1S/C25H20FN5O2S/c1-2-32-21-11-9-20(10-12-21)31-24(18-4-3-13-27-14-18)29-30-25(31)34-16-23-28-15-22(33-23)17-5-7-19(26)8-6-17/h3-15H,2,16H2,1H3. The fraction of sp³-hybridized carbons (Fsp3) is 0.120. The first-order valence-electron chi connectivity index (χ1n) is 10.6. The summed E-state index contributed by atoms with van der Waals surface area (Å²) in [5.74, 6) is 2.75. The average molecular weight is 474 g/mol. The maximum atomic E-state index is 13.2. The number of pyridine rings is 1. The summed E-state index contributed by atoms with van der Waals surface area (Å²) in [5, 5.41) is 9.54. The van der Waals surface area contributed by atoms with Gasteiger partial charge in [0.2, 0.25) is 5.89 Å². The molecule has 0 unspecified atom stereocenters. The van der Waals surface area contributed by atoms with Crippen LogP contribution in [0.15, 0.2) is 88.8 Å². The van der Waals surface area contributed by atoms with Crippen molar-refractivity contribution in [2.45, 2.75) is 17.8 Å². The van der Waals surface area contributed by atoms with Crippen molar-refractivity contribution in [3.63, 3.8) is 0 Å². The van der Waals surface area contributed by atoms with Gasteiger partial charge in [-0.05, 0) is 67.6 Å². The van der Waals surface area contributed by atoms with E-state index in [0.717, 1.165) is 22.6 Å². The highest BCUT2D eigenvalue weighted by molar-refractivity contribution is 7.98. The molecule has 0 saturated carbocycles. The lowest BCUT2D eigenvalue weighted by molar-refractivity contribution is 0.340. The molecule has 0 atom stereocenters. The molecule has 7 nitrogen and oxygen atoms in total. The van der Waals surface area contributed by atoms with Gasteiger partial charge in [0, 0.05) is 29.2 Å². The number of aromatic nitrogens is 5. The van der Waals surface area contributed by atoms with Crippen LogP contribution in [-0.4, -0.2) is 31.3 Å². The first kappa shape index (κ1) is 21.8. The third kappa shape index (κ3) is 4.69. The summed E-state index contributed by atoms with van der Waals surface area (Å²) in [5.41, 5.74) is 2.52. The molecular weight excluding hydrogens is 453 g/mol. The van der Waals surface area contributed by atoms with E-state index in [1.807, 2.05) is 47.9 Å². The molecule has 2 aromatic carbocycles. The largest absolute Gasteiger partial charge is 0.494 e. The molecule has 5 rings (SSSR count). The molecule has 0 radical (unpaired) electrons.